The predicted octanol–water partition coefficient (Wildman–Crippen LogP) is 17.7. The van der Waals surface area contributed by atoms with E-state index in [-0.39, 0.29) is 58.0 Å². The molecule has 0 amide bonds. The average molecular weight is 1930 g/mol. The number of aromatic carboxylic acids is 1. The maximum absolute atomic E-state index is 12.5. The van der Waals surface area contributed by atoms with Crippen molar-refractivity contribution in [3.05, 3.63) is 404 Å². The summed E-state index contributed by atoms with van der Waals surface area (Å²) in [7, 11) is -25.9. The number of ketones is 2. The lowest BCUT2D eigenvalue weighted by atomic mass is 9.97. The van der Waals surface area contributed by atoms with Crippen molar-refractivity contribution in [3.63, 3.8) is 0 Å². The highest BCUT2D eigenvalue weighted by molar-refractivity contribution is 7.88. The molecule has 0 aromatic heterocycles. The van der Waals surface area contributed by atoms with E-state index < -0.39 is 83.7 Å². The van der Waals surface area contributed by atoms with E-state index in [4.69, 9.17) is 42.1 Å². The molecule has 0 fully saturated rings. The summed E-state index contributed by atoms with van der Waals surface area (Å²) < 4.78 is 203. The molecular weight excluding hydrogens is 1850 g/mol. The molecule has 0 saturated carbocycles. The minimum Gasteiger partial charge on any atom is -0.478 e. The zero-order valence-corrected chi connectivity index (χ0v) is 75.6. The Morgan fingerprint density at radius 3 is 1.22 bits per heavy atom. The van der Waals surface area contributed by atoms with Crippen LogP contribution in [0, 0.1) is 39.0 Å². The lowest BCUT2D eigenvalue weighted by Crippen LogP contribution is -2.24. The van der Waals surface area contributed by atoms with Gasteiger partial charge in [-0.3, -0.25) is 35.3 Å². The summed E-state index contributed by atoms with van der Waals surface area (Å²) in [5, 5.41) is 38.6. The molecule has 674 valence electrons. The number of carboxylic acids is 1. The second kappa shape index (κ2) is 48.1. The minimum atomic E-state index is -5.85. The predicted molar refractivity (Wildman–Crippen MR) is 484 cm³/mol. The van der Waals surface area contributed by atoms with Crippen molar-refractivity contribution in [2.45, 2.75) is 66.6 Å². The molecule has 0 saturated heterocycles. The molecule has 40 heteroatoms. The second-order valence-electron chi connectivity index (χ2n) is 26.4. The first kappa shape index (κ1) is 103. The second-order valence-corrected chi connectivity index (χ2v) is 36.5. The molecule has 0 aliphatic heterocycles. The summed E-state index contributed by atoms with van der Waals surface area (Å²) in [5.74, 6) is -1.93. The summed E-state index contributed by atoms with van der Waals surface area (Å²) in [4.78, 5) is 34.4. The number of hydrogen-bond donors (Lipinski definition) is 1. The topological polar surface area (TPSA) is 430 Å². The van der Waals surface area contributed by atoms with Crippen LogP contribution >= 0.6 is 23.2 Å². The number of halogens is 5. The van der Waals surface area contributed by atoms with E-state index in [9.17, 15) is 78.1 Å². The van der Waals surface area contributed by atoms with Crippen molar-refractivity contribution in [1.29, 1.82) is 5.26 Å². The van der Waals surface area contributed by atoms with Gasteiger partial charge in [0.15, 0.2) is 22.9 Å². The van der Waals surface area contributed by atoms with Gasteiger partial charge in [-0.1, -0.05) is 320 Å². The van der Waals surface area contributed by atoms with E-state index in [1.165, 1.54) is 98.1 Å². The Labute approximate surface area is 758 Å². The molecule has 0 unspecified atom stereocenters. The molecule has 0 aliphatic carbocycles. The normalized spacial score (nSPS) is 11.9. The number of rotatable bonds is 27. The lowest BCUT2D eigenvalue weighted by Gasteiger charge is -2.11. The fraction of sp³-hybridized carbons (Fsp3) is 0.0889. The molecule has 29 nitrogen and oxygen atoms in total. The Bertz CT molecular complexity index is 6830. The van der Waals surface area contributed by atoms with Gasteiger partial charge in [0.25, 0.3) is 0 Å². The van der Waals surface area contributed by atoms with E-state index in [1.54, 1.807) is 159 Å². The quantitative estimate of drug-likeness (QED) is 0.0216. The van der Waals surface area contributed by atoms with Gasteiger partial charge in [0.2, 0.25) is 5.78 Å². The van der Waals surface area contributed by atoms with Crippen LogP contribution in [0.3, 0.4) is 0 Å². The molecule has 12 aromatic rings. The molecular formula is C90H76Cl2F3N7O22S6. The van der Waals surface area contributed by atoms with E-state index in [1.807, 2.05) is 107 Å². The van der Waals surface area contributed by atoms with Crippen molar-refractivity contribution in [1.82, 2.24) is 0 Å². The van der Waals surface area contributed by atoms with Crippen LogP contribution < -0.4 is 0 Å². The average Bonchev–Trinajstić information content (AvgIpc) is 0.955. The highest BCUT2D eigenvalue weighted by Gasteiger charge is 2.49. The highest BCUT2D eigenvalue weighted by Crippen LogP contribution is 2.29. The van der Waals surface area contributed by atoms with Gasteiger partial charge in [-0.25, -0.2) is 4.79 Å². The van der Waals surface area contributed by atoms with Crippen molar-refractivity contribution >= 4 is 136 Å². The molecule has 130 heavy (non-hydrogen) atoms. The van der Waals surface area contributed by atoms with Gasteiger partial charge in [0.1, 0.15) is 31.4 Å². The largest absolute Gasteiger partial charge is 0.536 e. The number of carbonyl (C=O) groups excluding carboxylic acids is 2. The summed E-state index contributed by atoms with van der Waals surface area (Å²) in [6.45, 7) is 10.8. The van der Waals surface area contributed by atoms with Crippen molar-refractivity contribution in [2.75, 3.05) is 6.26 Å². The third-order valence-electron chi connectivity index (χ3n) is 16.5. The van der Waals surface area contributed by atoms with E-state index in [2.05, 4.69) is 48.1 Å². The number of aryl methyl sites for hydroxylation is 4. The van der Waals surface area contributed by atoms with E-state index >= 15 is 0 Å². The van der Waals surface area contributed by atoms with Crippen LogP contribution in [0.2, 0.25) is 10.0 Å². The fourth-order valence-electron chi connectivity index (χ4n) is 10.5. The van der Waals surface area contributed by atoms with Gasteiger partial charge in [-0.15, -0.1) is 0 Å². The smallest absolute Gasteiger partial charge is 0.478 e. The number of nitriles is 1. The number of Topliss-reactive ketones (excluding diaryl/α,β-unsaturated/α-hetero) is 2. The SMILES string of the molecule is C/C(=N\OS(=O)(=O)c1cc(Cl)ccc1Cl)c1c(C)cc(C)cc1C.CC(=O)/C(=N\OS(=O)(=O)c1ccccc1)c1ccccc1.CS(=O)(=O)O/N=C(\C(=O)c1ccccc1)c1ccccc1.Cc1ccc(S(=O)(=O)ON=C(c2ccccc2)c2ccccc2)cc1.N#C/C(=N\OS(=O)(=O)C(F)(F)F)c1ccccc1.O=C(O)c1ccc(S(=O)(=O)O/N=C/c2ccccc2)cc1. The molecule has 12 rings (SSSR count). The zero-order chi connectivity index (χ0) is 95.5. The Morgan fingerprint density at radius 2 is 0.785 bits per heavy atom. The van der Waals surface area contributed by atoms with Crippen LogP contribution in [0.1, 0.15) is 95.8 Å². The van der Waals surface area contributed by atoms with E-state index in [0.29, 0.717) is 33.7 Å². The summed E-state index contributed by atoms with van der Waals surface area (Å²) in [6.07, 6.45) is 2.13. The molecule has 1 N–H and O–H groups in total. The van der Waals surface area contributed by atoms with Crippen LogP contribution in [-0.2, 0) is 91.2 Å². The number of nitrogens with zero attached hydrogens (tertiary/aromatic N) is 7. The Morgan fingerprint density at radius 1 is 0.400 bits per heavy atom. The maximum Gasteiger partial charge on any atom is 0.536 e. The molecule has 0 bridgehead atoms. The lowest BCUT2D eigenvalue weighted by molar-refractivity contribution is -0.111. The molecule has 0 spiro atoms. The highest BCUT2D eigenvalue weighted by atomic mass is 35.5. The van der Waals surface area contributed by atoms with Gasteiger partial charge in [-0.2, -0.15) is 68.9 Å². The van der Waals surface area contributed by atoms with Crippen molar-refractivity contribution in [3.8, 4) is 6.07 Å². The third-order valence-corrected chi connectivity index (χ3v) is 22.9. The first-order valence-electron chi connectivity index (χ1n) is 37.3. The number of alkyl halides is 3. The fourth-order valence-corrected chi connectivity index (χ4v) is 14.7. The molecule has 0 atom stereocenters. The monoisotopic (exact) mass is 1930 g/mol. The van der Waals surface area contributed by atoms with E-state index in [0.717, 1.165) is 57.3 Å². The van der Waals surface area contributed by atoms with Crippen LogP contribution in [0.4, 0.5) is 13.2 Å². The summed E-state index contributed by atoms with van der Waals surface area (Å²) in [6, 6.07) is 88.6. The summed E-state index contributed by atoms with van der Waals surface area (Å²) >= 11 is 11.7. The van der Waals surface area contributed by atoms with Crippen LogP contribution in [0.25, 0.3) is 0 Å². The minimum absolute atomic E-state index is 0.0123. The number of carboxylic acid groups (broad SMARTS) is 1. The van der Waals surface area contributed by atoms with Gasteiger partial charge in [-0.05, 0) is 118 Å². The Kier molecular flexibility index (Phi) is 38.1. The Hall–Kier alpha value is -14.2. The van der Waals surface area contributed by atoms with Crippen LogP contribution in [-0.4, -0.2) is 120 Å². The van der Waals surface area contributed by atoms with Crippen molar-refractivity contribution < 1.29 is 109 Å². The number of carbonyl (C=O) groups is 3. The molecule has 0 radical (unpaired) electrons. The maximum atomic E-state index is 12.5. The number of oxime groups is 6. The third kappa shape index (κ3) is 32.6. The van der Waals surface area contributed by atoms with Gasteiger partial charge in [0, 0.05) is 50.9 Å². The van der Waals surface area contributed by atoms with Crippen molar-refractivity contribution in [2.24, 2.45) is 30.9 Å². The summed E-state index contributed by atoms with van der Waals surface area (Å²) in [5.41, 5.74) is 3.31. The molecule has 0 aliphatic rings. The Balaban J connectivity index is 0.000000214. The van der Waals surface area contributed by atoms with Gasteiger partial charge >= 0.3 is 72.2 Å². The first-order valence-corrected chi connectivity index (χ1v) is 46.9. The molecule has 12 aromatic carbocycles. The van der Waals surface area contributed by atoms with Gasteiger partial charge in [0.05, 0.1) is 28.8 Å². The zero-order valence-electron chi connectivity index (χ0n) is 69.2. The standard InChI is InChI=1S/C20H17NO3S.C17H17Cl2NO3S.2C15H13NO4S.C14H11NO5S.C9H5F3N2O3S/c1-16-12-14-19(15-13-16)25(22,23)24-21-20(17-8-4-2-5-9-17)18-10-6-3-7-11-18;1-10-7-11(2)17(12(3)8-10)13(4)20-23-24(21,22)16-9-14(18)5-6-15(16)19;1-21(18,19)20-16-14(12-8-4-2-5-9-12)15(17)13-10-6-3-7-11-13;1-12(17)15(13-8-4-2-5-9-13)16-20-21(18,19)14-10-6-3-7-11-14;16-14(17)12-6-8-13(9-7-12)21(18,19)20-15-10-11-4-2-1-3-5-11;10-9(11,12)18(15,16)17-14-8(6-13)7-4-2-1-3-5-7/h2-15H,1H3;5-9H,1-4H3;2*2-11H,1H3;1-10H,(H,16,17);1-5H/b;20-13+;16-14-;16-15+;15-10+;14-8+. The van der Waals surface area contributed by atoms with Gasteiger partial charge < -0.3 is 5.11 Å². The number of hydrogen-bond acceptors (Lipinski definition) is 28. The molecule has 0 heterocycles. The van der Waals surface area contributed by atoms with Crippen LogP contribution in [0.15, 0.2) is 372 Å². The first-order chi connectivity index (χ1) is 61.4. The number of benzene rings is 12. The van der Waals surface area contributed by atoms with Crippen LogP contribution in [0.5, 0.6) is 0 Å².